The summed E-state index contributed by atoms with van der Waals surface area (Å²) in [6.45, 7) is 5.52. The maximum absolute atomic E-state index is 13.5. The molecule has 0 spiro atoms. The van der Waals surface area contributed by atoms with Gasteiger partial charge in [0, 0.05) is 25.4 Å². The Kier molecular flexibility index (Phi) is 4.78. The van der Waals surface area contributed by atoms with Crippen LogP contribution in [0.5, 0.6) is 0 Å². The predicted molar refractivity (Wildman–Crippen MR) is 112 cm³/mol. The van der Waals surface area contributed by atoms with Crippen molar-refractivity contribution >= 4 is 17.1 Å². The molecule has 0 radical (unpaired) electrons. The molecule has 5 heterocycles. The van der Waals surface area contributed by atoms with Crippen LogP contribution in [0.3, 0.4) is 0 Å². The quantitative estimate of drug-likeness (QED) is 0.499. The van der Waals surface area contributed by atoms with Crippen LogP contribution in [0.4, 0.5) is 10.3 Å². The fourth-order valence-corrected chi connectivity index (χ4v) is 3.58. The van der Waals surface area contributed by atoms with Crippen LogP contribution in [-0.2, 0) is 11.8 Å². The summed E-state index contributed by atoms with van der Waals surface area (Å²) in [7, 11) is 1.88. The number of rotatable bonds is 3. The number of morpholine rings is 1. The number of ether oxygens (including phenoxy) is 1. The lowest BCUT2D eigenvalue weighted by Gasteiger charge is -2.32. The summed E-state index contributed by atoms with van der Waals surface area (Å²) in [6.07, 6.45) is 4.78. The van der Waals surface area contributed by atoms with Gasteiger partial charge in [-0.3, -0.25) is 9.67 Å². The van der Waals surface area contributed by atoms with Crippen LogP contribution in [-0.4, -0.2) is 54.4 Å². The third-order valence-electron chi connectivity index (χ3n) is 5.35. The van der Waals surface area contributed by atoms with Crippen molar-refractivity contribution < 1.29 is 9.13 Å². The first-order valence-corrected chi connectivity index (χ1v) is 9.98. The van der Waals surface area contributed by atoms with Crippen LogP contribution in [0, 0.1) is 19.7 Å². The monoisotopic (exact) mass is 420 g/mol. The second kappa shape index (κ2) is 7.62. The van der Waals surface area contributed by atoms with Crippen molar-refractivity contribution in [3.63, 3.8) is 0 Å². The molecule has 0 N–H and O–H groups in total. The Labute approximate surface area is 178 Å². The number of fused-ring (bicyclic) bond motifs is 1. The van der Waals surface area contributed by atoms with Gasteiger partial charge in [0.15, 0.2) is 5.65 Å². The summed E-state index contributed by atoms with van der Waals surface area (Å²) < 4.78 is 21.2. The molecular formula is C21H21FN8O. The summed E-state index contributed by atoms with van der Waals surface area (Å²) in [6, 6.07) is 2.95. The summed E-state index contributed by atoms with van der Waals surface area (Å²) in [5.74, 6) is 0.108. The van der Waals surface area contributed by atoms with Crippen LogP contribution < -0.4 is 4.90 Å². The van der Waals surface area contributed by atoms with Crippen molar-refractivity contribution in [2.24, 2.45) is 7.05 Å². The largest absolute Gasteiger partial charge is 0.370 e. The average molecular weight is 420 g/mol. The molecule has 1 saturated heterocycles. The highest BCUT2D eigenvalue weighted by Gasteiger charge is 2.26. The normalized spacial score (nSPS) is 16.8. The van der Waals surface area contributed by atoms with Crippen LogP contribution in [0.15, 0.2) is 30.7 Å². The predicted octanol–water partition coefficient (Wildman–Crippen LogP) is 2.55. The topological polar surface area (TPSA) is 94.7 Å². The molecule has 10 heteroatoms. The summed E-state index contributed by atoms with van der Waals surface area (Å²) in [5, 5.41) is 4.24. The van der Waals surface area contributed by atoms with Crippen molar-refractivity contribution in [3.05, 3.63) is 53.5 Å². The van der Waals surface area contributed by atoms with Gasteiger partial charge in [-0.15, -0.1) is 0 Å². The van der Waals surface area contributed by atoms with E-state index < -0.39 is 5.82 Å². The summed E-state index contributed by atoms with van der Waals surface area (Å²) in [4.78, 5) is 25.0. The van der Waals surface area contributed by atoms with Crippen molar-refractivity contribution in [2.45, 2.75) is 20.0 Å². The molecule has 1 aliphatic rings. The number of hydrogen-bond donors (Lipinski definition) is 0. The molecule has 9 nitrogen and oxygen atoms in total. The standard InChI is InChI=1S/C21H21FN8O/c1-12-13(2)26-20-19(25-12)18(16-5-4-15(22)9-23-16)27-21(28-20)30-6-7-31-17(11-30)14-8-24-29(3)10-14/h4-5,8-10,17H,6-7,11H2,1-3H3/t17-/m0/s1. The van der Waals surface area contributed by atoms with Gasteiger partial charge in [0.25, 0.3) is 0 Å². The average Bonchev–Trinajstić information content (AvgIpc) is 3.21. The Hall–Kier alpha value is -3.53. The molecule has 0 aromatic carbocycles. The lowest BCUT2D eigenvalue weighted by molar-refractivity contribution is 0.0392. The molecule has 4 aromatic rings. The molecule has 1 atom stereocenters. The van der Waals surface area contributed by atoms with Crippen LogP contribution in [0.2, 0.25) is 0 Å². The van der Waals surface area contributed by atoms with Crippen LogP contribution in [0.1, 0.15) is 23.1 Å². The van der Waals surface area contributed by atoms with E-state index in [4.69, 9.17) is 14.7 Å². The molecule has 0 saturated carbocycles. The molecule has 1 fully saturated rings. The highest BCUT2D eigenvalue weighted by Crippen LogP contribution is 2.29. The van der Waals surface area contributed by atoms with Crippen LogP contribution in [0.25, 0.3) is 22.6 Å². The Morgan fingerprint density at radius 1 is 1.06 bits per heavy atom. The van der Waals surface area contributed by atoms with Gasteiger partial charge in [-0.25, -0.2) is 19.3 Å². The van der Waals surface area contributed by atoms with Crippen molar-refractivity contribution in [1.82, 2.24) is 34.7 Å². The minimum absolute atomic E-state index is 0.139. The molecule has 31 heavy (non-hydrogen) atoms. The van der Waals surface area contributed by atoms with Crippen molar-refractivity contribution in [3.8, 4) is 11.4 Å². The highest BCUT2D eigenvalue weighted by molar-refractivity contribution is 5.86. The number of hydrogen-bond acceptors (Lipinski definition) is 8. The van der Waals surface area contributed by atoms with E-state index in [0.717, 1.165) is 17.0 Å². The Balaban J connectivity index is 1.60. The van der Waals surface area contributed by atoms with E-state index in [-0.39, 0.29) is 6.10 Å². The van der Waals surface area contributed by atoms with Gasteiger partial charge < -0.3 is 9.64 Å². The maximum Gasteiger partial charge on any atom is 0.228 e. The zero-order chi connectivity index (χ0) is 21.5. The number of halogens is 1. The van der Waals surface area contributed by atoms with E-state index in [1.54, 1.807) is 16.9 Å². The lowest BCUT2D eigenvalue weighted by Crippen LogP contribution is -2.39. The first-order valence-electron chi connectivity index (χ1n) is 9.98. The number of pyridine rings is 1. The zero-order valence-corrected chi connectivity index (χ0v) is 17.4. The van der Waals surface area contributed by atoms with Gasteiger partial charge in [0.1, 0.15) is 23.1 Å². The molecule has 0 aliphatic carbocycles. The van der Waals surface area contributed by atoms with Gasteiger partial charge in [0.2, 0.25) is 5.95 Å². The third-order valence-corrected chi connectivity index (χ3v) is 5.35. The van der Waals surface area contributed by atoms with Gasteiger partial charge in [-0.2, -0.15) is 10.1 Å². The Bertz CT molecular complexity index is 1260. The van der Waals surface area contributed by atoms with E-state index in [2.05, 4.69) is 25.0 Å². The fourth-order valence-electron chi connectivity index (χ4n) is 3.58. The molecule has 1 aliphatic heterocycles. The second-order valence-electron chi connectivity index (χ2n) is 7.55. The fraction of sp³-hybridized carbons (Fsp3) is 0.333. The smallest absolute Gasteiger partial charge is 0.228 e. The van der Waals surface area contributed by atoms with E-state index in [9.17, 15) is 4.39 Å². The van der Waals surface area contributed by atoms with Crippen LogP contribution >= 0.6 is 0 Å². The number of anilines is 1. The van der Waals surface area contributed by atoms with E-state index in [1.165, 1.54) is 12.3 Å². The molecule has 0 bridgehead atoms. The Morgan fingerprint density at radius 2 is 1.90 bits per heavy atom. The van der Waals surface area contributed by atoms with E-state index in [1.807, 2.05) is 27.1 Å². The first kappa shape index (κ1) is 19.4. The first-order chi connectivity index (χ1) is 15.0. The maximum atomic E-state index is 13.5. The molecule has 4 aromatic heterocycles. The van der Waals surface area contributed by atoms with Gasteiger partial charge >= 0.3 is 0 Å². The number of nitrogens with zero attached hydrogens (tertiary/aromatic N) is 8. The summed E-state index contributed by atoms with van der Waals surface area (Å²) >= 11 is 0. The molecule has 158 valence electrons. The number of aromatic nitrogens is 7. The second-order valence-corrected chi connectivity index (χ2v) is 7.55. The molecule has 0 amide bonds. The highest BCUT2D eigenvalue weighted by atomic mass is 19.1. The minimum Gasteiger partial charge on any atom is -0.370 e. The van der Waals surface area contributed by atoms with E-state index >= 15 is 0 Å². The van der Waals surface area contributed by atoms with Gasteiger partial charge in [0.05, 0.1) is 42.6 Å². The number of aryl methyl sites for hydroxylation is 3. The zero-order valence-electron chi connectivity index (χ0n) is 17.4. The van der Waals surface area contributed by atoms with Crippen molar-refractivity contribution in [1.29, 1.82) is 0 Å². The molecular weight excluding hydrogens is 399 g/mol. The molecule has 5 rings (SSSR count). The Morgan fingerprint density at radius 3 is 2.65 bits per heavy atom. The SMILES string of the molecule is Cc1nc2nc(N3CCO[C@H](c4cnn(C)c4)C3)nc(-c3ccc(F)cn3)c2nc1C. The summed E-state index contributed by atoms with van der Waals surface area (Å²) in [5.41, 5.74) is 4.66. The minimum atomic E-state index is -0.409. The van der Waals surface area contributed by atoms with Gasteiger partial charge in [-0.05, 0) is 26.0 Å². The molecule has 0 unspecified atom stereocenters. The third kappa shape index (κ3) is 3.70. The lowest BCUT2D eigenvalue weighted by atomic mass is 10.1. The van der Waals surface area contributed by atoms with E-state index in [0.29, 0.717) is 48.2 Å². The van der Waals surface area contributed by atoms with Crippen molar-refractivity contribution in [2.75, 3.05) is 24.6 Å². The van der Waals surface area contributed by atoms with Gasteiger partial charge in [-0.1, -0.05) is 0 Å².